The lowest BCUT2D eigenvalue weighted by Gasteiger charge is -2.33. The largest absolute Gasteiger partial charge is 0.480 e. The molecule has 0 bridgehead atoms. The highest BCUT2D eigenvalue weighted by Crippen LogP contribution is 2.03. The number of nitrogens with zero attached hydrogens (tertiary/aromatic N) is 2. The number of amides is 3. The van der Waals surface area contributed by atoms with Crippen LogP contribution in [0.1, 0.15) is 13.8 Å². The summed E-state index contributed by atoms with van der Waals surface area (Å²) in [6, 6.07) is -1.47. The van der Waals surface area contributed by atoms with Crippen LogP contribution in [-0.2, 0) is 9.59 Å². The van der Waals surface area contributed by atoms with E-state index >= 15 is 0 Å². The number of piperazine rings is 1. The van der Waals surface area contributed by atoms with E-state index in [0.717, 1.165) is 0 Å². The molecule has 1 aliphatic heterocycles. The Bertz CT molecular complexity index is 332. The van der Waals surface area contributed by atoms with Crippen LogP contribution < -0.4 is 5.32 Å². The number of urea groups is 1. The highest BCUT2D eigenvalue weighted by molar-refractivity contribution is 5.87. The van der Waals surface area contributed by atoms with Crippen LogP contribution in [0.4, 0.5) is 4.79 Å². The second-order valence-corrected chi connectivity index (χ2v) is 3.90. The standard InChI is InChI=1S/C10H17N3O4/c1-3-12-4-5-13(6-8(12)14)10(17)11-7(2)9(15)16/h7H,3-6H2,1-2H3,(H,11,17)(H,15,16). The predicted octanol–water partition coefficient (Wildman–Crippen LogP) is -0.667. The van der Waals surface area contributed by atoms with Gasteiger partial charge in [0.25, 0.3) is 0 Å². The SMILES string of the molecule is CCN1CCN(C(=O)NC(C)C(=O)O)CC1=O. The number of aliphatic carboxylic acids is 1. The van der Waals surface area contributed by atoms with E-state index in [0.29, 0.717) is 19.6 Å². The Morgan fingerprint density at radius 3 is 2.59 bits per heavy atom. The first-order chi connectivity index (χ1) is 7.95. The number of likely N-dealkylation sites (N-methyl/N-ethyl adjacent to an activating group) is 1. The molecule has 7 heteroatoms. The van der Waals surface area contributed by atoms with Gasteiger partial charge in [0, 0.05) is 19.6 Å². The zero-order valence-electron chi connectivity index (χ0n) is 9.97. The van der Waals surface area contributed by atoms with E-state index in [1.54, 1.807) is 4.90 Å². The van der Waals surface area contributed by atoms with E-state index in [-0.39, 0.29) is 12.5 Å². The van der Waals surface area contributed by atoms with Gasteiger partial charge in [0.1, 0.15) is 12.6 Å². The minimum atomic E-state index is -1.10. The molecule has 1 atom stereocenters. The molecular formula is C10H17N3O4. The van der Waals surface area contributed by atoms with Gasteiger partial charge in [-0.2, -0.15) is 0 Å². The molecule has 0 aliphatic carbocycles. The number of hydrogen-bond acceptors (Lipinski definition) is 3. The Morgan fingerprint density at radius 2 is 2.12 bits per heavy atom. The van der Waals surface area contributed by atoms with Crippen molar-refractivity contribution >= 4 is 17.9 Å². The van der Waals surface area contributed by atoms with E-state index in [2.05, 4.69) is 5.32 Å². The quantitative estimate of drug-likeness (QED) is 0.688. The van der Waals surface area contributed by atoms with Gasteiger partial charge in [0.05, 0.1) is 0 Å². The number of hydrogen-bond donors (Lipinski definition) is 2. The maximum absolute atomic E-state index is 11.6. The molecule has 0 radical (unpaired) electrons. The maximum Gasteiger partial charge on any atom is 0.325 e. The Morgan fingerprint density at radius 1 is 1.47 bits per heavy atom. The van der Waals surface area contributed by atoms with Gasteiger partial charge < -0.3 is 20.2 Å². The Balaban J connectivity index is 2.50. The molecule has 1 aliphatic rings. The highest BCUT2D eigenvalue weighted by atomic mass is 16.4. The molecule has 3 amide bonds. The number of rotatable bonds is 3. The Kier molecular flexibility index (Phi) is 4.30. The van der Waals surface area contributed by atoms with Gasteiger partial charge in [-0.1, -0.05) is 0 Å². The van der Waals surface area contributed by atoms with Crippen molar-refractivity contribution in [2.75, 3.05) is 26.2 Å². The topological polar surface area (TPSA) is 89.9 Å². The molecule has 1 rings (SSSR count). The maximum atomic E-state index is 11.6. The number of carbonyl (C=O) groups excluding carboxylic acids is 2. The van der Waals surface area contributed by atoms with Gasteiger partial charge in [-0.15, -0.1) is 0 Å². The molecule has 1 saturated heterocycles. The lowest BCUT2D eigenvalue weighted by atomic mass is 10.3. The first-order valence-electron chi connectivity index (χ1n) is 5.51. The summed E-state index contributed by atoms with van der Waals surface area (Å²) in [5.74, 6) is -1.21. The summed E-state index contributed by atoms with van der Waals surface area (Å²) in [5, 5.41) is 11.0. The normalized spacial score (nSPS) is 17.9. The number of carboxylic acid groups (broad SMARTS) is 1. The van der Waals surface area contributed by atoms with E-state index < -0.39 is 18.0 Å². The summed E-state index contributed by atoms with van der Waals surface area (Å²) < 4.78 is 0. The lowest BCUT2D eigenvalue weighted by molar-refractivity contribution is -0.138. The van der Waals surface area contributed by atoms with Crippen LogP contribution in [0.2, 0.25) is 0 Å². The highest BCUT2D eigenvalue weighted by Gasteiger charge is 2.27. The summed E-state index contributed by atoms with van der Waals surface area (Å²) >= 11 is 0. The first kappa shape index (κ1) is 13.3. The molecule has 0 aromatic rings. The van der Waals surface area contributed by atoms with E-state index in [9.17, 15) is 14.4 Å². The summed E-state index contributed by atoms with van der Waals surface area (Å²) in [4.78, 5) is 36.7. The smallest absolute Gasteiger partial charge is 0.325 e. The zero-order chi connectivity index (χ0) is 13.0. The van der Waals surface area contributed by atoms with Gasteiger partial charge in [0.15, 0.2) is 0 Å². The molecule has 0 saturated carbocycles. The average molecular weight is 243 g/mol. The predicted molar refractivity (Wildman–Crippen MR) is 59.5 cm³/mol. The van der Waals surface area contributed by atoms with Crippen LogP contribution in [0.25, 0.3) is 0 Å². The van der Waals surface area contributed by atoms with Gasteiger partial charge in [-0.25, -0.2) is 4.79 Å². The van der Waals surface area contributed by atoms with Crippen molar-refractivity contribution < 1.29 is 19.5 Å². The Hall–Kier alpha value is -1.79. The fraction of sp³-hybridized carbons (Fsp3) is 0.700. The summed E-state index contributed by atoms with van der Waals surface area (Å²) in [5.41, 5.74) is 0. The second-order valence-electron chi connectivity index (χ2n) is 3.90. The molecule has 96 valence electrons. The van der Waals surface area contributed by atoms with E-state index in [4.69, 9.17) is 5.11 Å². The van der Waals surface area contributed by atoms with Crippen molar-refractivity contribution in [1.29, 1.82) is 0 Å². The van der Waals surface area contributed by atoms with Crippen LogP contribution in [0.5, 0.6) is 0 Å². The number of carbonyl (C=O) groups is 3. The molecule has 1 fully saturated rings. The van der Waals surface area contributed by atoms with Crippen molar-refractivity contribution in [2.24, 2.45) is 0 Å². The van der Waals surface area contributed by atoms with Gasteiger partial charge in [-0.05, 0) is 13.8 Å². The Labute approximate surface area is 99.4 Å². The average Bonchev–Trinajstić information content (AvgIpc) is 2.28. The third-order valence-electron chi connectivity index (χ3n) is 2.70. The minimum Gasteiger partial charge on any atom is -0.480 e. The van der Waals surface area contributed by atoms with Crippen LogP contribution in [0, 0.1) is 0 Å². The third-order valence-corrected chi connectivity index (χ3v) is 2.70. The fourth-order valence-electron chi connectivity index (χ4n) is 1.55. The monoisotopic (exact) mass is 243 g/mol. The molecule has 17 heavy (non-hydrogen) atoms. The molecule has 1 unspecified atom stereocenters. The second kappa shape index (κ2) is 5.51. The number of nitrogens with one attached hydrogen (secondary N) is 1. The summed E-state index contributed by atoms with van der Waals surface area (Å²) in [6.07, 6.45) is 0. The lowest BCUT2D eigenvalue weighted by Crippen LogP contribution is -2.56. The number of carboxylic acids is 1. The molecular weight excluding hydrogens is 226 g/mol. The first-order valence-corrected chi connectivity index (χ1v) is 5.51. The molecule has 0 aromatic carbocycles. The van der Waals surface area contributed by atoms with Gasteiger partial charge in [-0.3, -0.25) is 9.59 Å². The van der Waals surface area contributed by atoms with Crippen molar-refractivity contribution in [3.63, 3.8) is 0 Å². The fourth-order valence-corrected chi connectivity index (χ4v) is 1.55. The van der Waals surface area contributed by atoms with Gasteiger partial charge in [0.2, 0.25) is 5.91 Å². The molecule has 0 aromatic heterocycles. The zero-order valence-corrected chi connectivity index (χ0v) is 9.97. The molecule has 1 heterocycles. The molecule has 0 spiro atoms. The van der Waals surface area contributed by atoms with Crippen LogP contribution in [0.15, 0.2) is 0 Å². The van der Waals surface area contributed by atoms with E-state index in [1.165, 1.54) is 11.8 Å². The van der Waals surface area contributed by atoms with Crippen LogP contribution in [-0.4, -0.2) is 65.0 Å². The van der Waals surface area contributed by atoms with Crippen molar-refractivity contribution in [2.45, 2.75) is 19.9 Å². The minimum absolute atomic E-state index is 0.00596. The molecule has 2 N–H and O–H groups in total. The summed E-state index contributed by atoms with van der Waals surface area (Å²) in [7, 11) is 0. The van der Waals surface area contributed by atoms with Crippen LogP contribution in [0.3, 0.4) is 0 Å². The molecule has 7 nitrogen and oxygen atoms in total. The van der Waals surface area contributed by atoms with Crippen molar-refractivity contribution in [3.8, 4) is 0 Å². The van der Waals surface area contributed by atoms with Crippen LogP contribution >= 0.6 is 0 Å². The van der Waals surface area contributed by atoms with Crippen molar-refractivity contribution in [1.82, 2.24) is 15.1 Å². The van der Waals surface area contributed by atoms with Crippen molar-refractivity contribution in [3.05, 3.63) is 0 Å². The third kappa shape index (κ3) is 3.33. The van der Waals surface area contributed by atoms with Gasteiger partial charge >= 0.3 is 12.0 Å². The summed E-state index contributed by atoms with van der Waals surface area (Å²) in [6.45, 7) is 4.80. The van der Waals surface area contributed by atoms with E-state index in [1.807, 2.05) is 6.92 Å².